The number of rotatable bonds is 4. The van der Waals surface area contributed by atoms with Gasteiger partial charge in [0.25, 0.3) is 0 Å². The standard InChI is InChI=1S/C12H11NO3S.Na/c1-16-10-4-2-3-8(5-10)12-13-9(7-17-12)6-11(14)15;/h2-5,7H,6H2,1H3,(H,14,15);/q;+1/p-1. The van der Waals surface area contributed by atoms with Crippen LogP contribution in [0.5, 0.6) is 5.75 Å². The van der Waals surface area contributed by atoms with Crippen LogP contribution in [0.3, 0.4) is 0 Å². The molecule has 1 heterocycles. The number of carbonyl (C=O) groups excluding carboxylic acids is 1. The van der Waals surface area contributed by atoms with Crippen LogP contribution in [0.2, 0.25) is 0 Å². The number of carboxylic acid groups (broad SMARTS) is 1. The molecule has 0 radical (unpaired) electrons. The number of aromatic nitrogens is 1. The van der Waals surface area contributed by atoms with Gasteiger partial charge in [-0.15, -0.1) is 11.3 Å². The van der Waals surface area contributed by atoms with Crippen LogP contribution >= 0.6 is 11.3 Å². The molecule has 0 saturated heterocycles. The van der Waals surface area contributed by atoms with Crippen LogP contribution in [0.15, 0.2) is 29.6 Å². The summed E-state index contributed by atoms with van der Waals surface area (Å²) in [5.74, 6) is -0.369. The van der Waals surface area contributed by atoms with Crippen LogP contribution < -0.4 is 39.4 Å². The molecule has 0 atom stereocenters. The second kappa shape index (κ2) is 6.89. The van der Waals surface area contributed by atoms with E-state index in [4.69, 9.17) is 4.74 Å². The molecule has 0 bridgehead atoms. The molecule has 2 aromatic rings. The number of nitrogens with zero attached hydrogens (tertiary/aromatic N) is 1. The number of carboxylic acids is 1. The van der Waals surface area contributed by atoms with Crippen molar-refractivity contribution in [3.63, 3.8) is 0 Å². The van der Waals surface area contributed by atoms with E-state index < -0.39 is 5.97 Å². The summed E-state index contributed by atoms with van der Waals surface area (Å²) in [7, 11) is 1.60. The topological polar surface area (TPSA) is 62.2 Å². The van der Waals surface area contributed by atoms with Crippen molar-refractivity contribution < 1.29 is 44.2 Å². The molecular formula is C12H10NNaO3S. The Morgan fingerprint density at radius 3 is 2.94 bits per heavy atom. The van der Waals surface area contributed by atoms with Crippen LogP contribution in [-0.4, -0.2) is 18.1 Å². The van der Waals surface area contributed by atoms with E-state index in [1.165, 1.54) is 11.3 Å². The van der Waals surface area contributed by atoms with E-state index in [1.807, 2.05) is 24.3 Å². The van der Waals surface area contributed by atoms with E-state index in [1.54, 1.807) is 12.5 Å². The van der Waals surface area contributed by atoms with Crippen LogP contribution in [0.4, 0.5) is 0 Å². The van der Waals surface area contributed by atoms with Gasteiger partial charge in [-0.2, -0.15) is 0 Å². The molecule has 18 heavy (non-hydrogen) atoms. The largest absolute Gasteiger partial charge is 1.00 e. The maximum atomic E-state index is 10.4. The van der Waals surface area contributed by atoms with Crippen molar-refractivity contribution in [1.82, 2.24) is 4.98 Å². The van der Waals surface area contributed by atoms with E-state index in [2.05, 4.69) is 4.98 Å². The van der Waals surface area contributed by atoms with E-state index in [9.17, 15) is 9.90 Å². The fraction of sp³-hybridized carbons (Fsp3) is 0.167. The summed E-state index contributed by atoms with van der Waals surface area (Å²) in [4.78, 5) is 14.7. The van der Waals surface area contributed by atoms with Gasteiger partial charge in [0.15, 0.2) is 0 Å². The molecule has 88 valence electrons. The molecule has 0 spiro atoms. The quantitative estimate of drug-likeness (QED) is 0.610. The van der Waals surface area contributed by atoms with Crippen molar-refractivity contribution in [2.24, 2.45) is 0 Å². The summed E-state index contributed by atoms with van der Waals surface area (Å²) in [6.45, 7) is 0. The molecule has 0 aliphatic rings. The third-order valence-corrected chi connectivity index (χ3v) is 3.13. The molecule has 0 N–H and O–H groups in total. The Bertz CT molecular complexity index is 542. The summed E-state index contributed by atoms with van der Waals surface area (Å²) in [6.07, 6.45) is -0.152. The zero-order chi connectivity index (χ0) is 12.3. The molecule has 0 saturated carbocycles. The number of ether oxygens (including phenoxy) is 1. The fourth-order valence-electron chi connectivity index (χ4n) is 1.42. The summed E-state index contributed by atoms with van der Waals surface area (Å²) in [5.41, 5.74) is 1.44. The third kappa shape index (κ3) is 3.81. The minimum absolute atomic E-state index is 0. The monoisotopic (exact) mass is 271 g/mol. The van der Waals surface area contributed by atoms with Gasteiger partial charge in [-0.05, 0) is 12.1 Å². The molecular weight excluding hydrogens is 261 g/mol. The van der Waals surface area contributed by atoms with Gasteiger partial charge in [0.05, 0.1) is 12.8 Å². The van der Waals surface area contributed by atoms with Crippen molar-refractivity contribution >= 4 is 17.3 Å². The first-order chi connectivity index (χ1) is 8.19. The number of carbonyl (C=O) groups is 1. The van der Waals surface area contributed by atoms with Crippen LogP contribution in [0.25, 0.3) is 10.6 Å². The Morgan fingerprint density at radius 2 is 2.28 bits per heavy atom. The summed E-state index contributed by atoms with van der Waals surface area (Å²) >= 11 is 1.41. The number of benzene rings is 1. The Balaban J connectivity index is 0.00000162. The average molecular weight is 271 g/mol. The molecule has 4 nitrogen and oxygen atoms in total. The minimum Gasteiger partial charge on any atom is -0.550 e. The van der Waals surface area contributed by atoms with E-state index in [-0.39, 0.29) is 36.0 Å². The van der Waals surface area contributed by atoms with Gasteiger partial charge in [-0.1, -0.05) is 12.1 Å². The maximum absolute atomic E-state index is 10.4. The Kier molecular flexibility index (Phi) is 5.81. The van der Waals surface area contributed by atoms with Crippen LogP contribution in [0.1, 0.15) is 5.69 Å². The predicted molar refractivity (Wildman–Crippen MR) is 62.8 cm³/mol. The Hall–Kier alpha value is -0.880. The SMILES string of the molecule is COc1cccc(-c2nc(CC(=O)[O-])cs2)c1.[Na+]. The number of aliphatic carboxylic acids is 1. The second-order valence-corrected chi connectivity index (χ2v) is 4.28. The summed E-state index contributed by atoms with van der Waals surface area (Å²) in [6, 6.07) is 7.49. The summed E-state index contributed by atoms with van der Waals surface area (Å²) in [5, 5.41) is 13.0. The van der Waals surface area contributed by atoms with Crippen molar-refractivity contribution in [1.29, 1.82) is 0 Å². The Labute approximate surface area is 131 Å². The fourth-order valence-corrected chi connectivity index (χ4v) is 2.24. The van der Waals surface area contributed by atoms with Gasteiger partial charge in [0.2, 0.25) is 0 Å². The third-order valence-electron chi connectivity index (χ3n) is 2.19. The number of thiazole rings is 1. The van der Waals surface area contributed by atoms with E-state index in [0.717, 1.165) is 16.3 Å². The van der Waals surface area contributed by atoms with Crippen LogP contribution in [-0.2, 0) is 11.2 Å². The van der Waals surface area contributed by atoms with Gasteiger partial charge in [-0.25, -0.2) is 4.98 Å². The first-order valence-electron chi connectivity index (χ1n) is 4.97. The predicted octanol–water partition coefficient (Wildman–Crippen LogP) is -1.88. The molecule has 1 aromatic carbocycles. The van der Waals surface area contributed by atoms with E-state index in [0.29, 0.717) is 5.69 Å². The molecule has 0 amide bonds. The van der Waals surface area contributed by atoms with Gasteiger partial charge in [-0.3, -0.25) is 0 Å². The van der Waals surface area contributed by atoms with Crippen molar-refractivity contribution in [2.75, 3.05) is 7.11 Å². The van der Waals surface area contributed by atoms with Gasteiger partial charge in [0, 0.05) is 23.3 Å². The van der Waals surface area contributed by atoms with Crippen molar-refractivity contribution in [3.8, 4) is 16.3 Å². The molecule has 2 rings (SSSR count). The molecule has 1 aromatic heterocycles. The molecule has 0 aliphatic heterocycles. The van der Waals surface area contributed by atoms with Gasteiger partial charge < -0.3 is 14.6 Å². The number of hydrogen-bond donors (Lipinski definition) is 0. The molecule has 0 fully saturated rings. The van der Waals surface area contributed by atoms with E-state index >= 15 is 0 Å². The first-order valence-corrected chi connectivity index (χ1v) is 5.85. The summed E-state index contributed by atoms with van der Waals surface area (Å²) < 4.78 is 5.12. The van der Waals surface area contributed by atoms with Crippen molar-refractivity contribution in [2.45, 2.75) is 6.42 Å². The molecule has 6 heteroatoms. The van der Waals surface area contributed by atoms with Gasteiger partial charge in [0.1, 0.15) is 10.8 Å². The van der Waals surface area contributed by atoms with Gasteiger partial charge >= 0.3 is 29.6 Å². The van der Waals surface area contributed by atoms with Crippen LogP contribution in [0, 0.1) is 0 Å². The number of hydrogen-bond acceptors (Lipinski definition) is 5. The molecule has 0 aliphatic carbocycles. The first kappa shape index (κ1) is 15.2. The smallest absolute Gasteiger partial charge is 0.550 e. The molecule has 0 unspecified atom stereocenters. The van der Waals surface area contributed by atoms with Crippen molar-refractivity contribution in [3.05, 3.63) is 35.3 Å². The average Bonchev–Trinajstić information content (AvgIpc) is 2.77. The second-order valence-electron chi connectivity index (χ2n) is 3.42. The normalized spacial score (nSPS) is 9.61. The number of methoxy groups -OCH3 is 1. The zero-order valence-electron chi connectivity index (χ0n) is 10.2. The Morgan fingerprint density at radius 1 is 1.50 bits per heavy atom. The minimum atomic E-state index is -1.12. The maximum Gasteiger partial charge on any atom is 1.00 e. The zero-order valence-corrected chi connectivity index (χ0v) is 13.0.